The number of allylic oxidation sites excluding steroid dienone is 4. The number of hydrogen-bond donors (Lipinski definition) is 1. The summed E-state index contributed by atoms with van der Waals surface area (Å²) >= 11 is 3.91. The van der Waals surface area contributed by atoms with E-state index in [-0.39, 0.29) is 5.41 Å². The van der Waals surface area contributed by atoms with E-state index in [9.17, 15) is 5.11 Å². The van der Waals surface area contributed by atoms with Gasteiger partial charge in [-0.1, -0.05) is 46.7 Å². The third-order valence-corrected chi connectivity index (χ3v) is 7.39. The van der Waals surface area contributed by atoms with Crippen LogP contribution in [0.3, 0.4) is 0 Å². The first kappa shape index (κ1) is 17.3. The van der Waals surface area contributed by atoms with Crippen molar-refractivity contribution >= 4 is 15.9 Å². The number of fused-ring (bicyclic) bond motifs is 1. The van der Waals surface area contributed by atoms with Crippen molar-refractivity contribution in [1.82, 2.24) is 0 Å². The Hall–Kier alpha value is -0.0800. The Balaban J connectivity index is 2.16. The van der Waals surface area contributed by atoms with E-state index in [1.165, 1.54) is 18.4 Å². The molecule has 21 heavy (non-hydrogen) atoms. The van der Waals surface area contributed by atoms with E-state index in [4.69, 9.17) is 0 Å². The number of alkyl halides is 1. The summed E-state index contributed by atoms with van der Waals surface area (Å²) in [6, 6.07) is 0. The highest BCUT2D eigenvalue weighted by Gasteiger charge is 2.57. The molecule has 2 aliphatic rings. The largest absolute Gasteiger partial charge is 0.390 e. The smallest absolute Gasteiger partial charge is 0.0659 e. The van der Waals surface area contributed by atoms with Gasteiger partial charge in [0, 0.05) is 10.7 Å². The van der Waals surface area contributed by atoms with Crippen LogP contribution < -0.4 is 0 Å². The highest BCUT2D eigenvalue weighted by atomic mass is 79.9. The predicted octanol–water partition coefficient (Wildman–Crippen LogP) is 5.63. The maximum Gasteiger partial charge on any atom is 0.0659 e. The van der Waals surface area contributed by atoms with Gasteiger partial charge in [0.1, 0.15) is 0 Å². The molecular weight excluding hydrogens is 324 g/mol. The molecule has 2 aliphatic carbocycles. The number of aliphatic hydroxyl groups is 1. The van der Waals surface area contributed by atoms with Gasteiger partial charge in [0.05, 0.1) is 5.60 Å². The Kier molecular flexibility index (Phi) is 5.41. The van der Waals surface area contributed by atoms with Crippen molar-refractivity contribution in [2.24, 2.45) is 17.3 Å². The molecular formula is C19H31BrO. The molecule has 2 saturated carbocycles. The molecule has 1 N–H and O–H groups in total. The van der Waals surface area contributed by atoms with Crippen molar-refractivity contribution in [1.29, 1.82) is 0 Å². The van der Waals surface area contributed by atoms with E-state index >= 15 is 0 Å². The topological polar surface area (TPSA) is 20.2 Å². The molecule has 0 aromatic rings. The summed E-state index contributed by atoms with van der Waals surface area (Å²) in [6.45, 7) is 8.78. The highest BCUT2D eigenvalue weighted by molar-refractivity contribution is 9.09. The van der Waals surface area contributed by atoms with Crippen LogP contribution in [0.1, 0.15) is 66.2 Å². The van der Waals surface area contributed by atoms with Gasteiger partial charge in [0.25, 0.3) is 0 Å². The molecule has 0 bridgehead atoms. The minimum atomic E-state index is -0.514. The lowest BCUT2D eigenvalue weighted by Crippen LogP contribution is -2.52. The van der Waals surface area contributed by atoms with Crippen molar-refractivity contribution in [2.75, 3.05) is 0 Å². The fraction of sp³-hybridized carbons (Fsp3) is 0.789. The molecule has 2 fully saturated rings. The Morgan fingerprint density at radius 3 is 2.67 bits per heavy atom. The van der Waals surface area contributed by atoms with E-state index in [1.807, 2.05) is 0 Å². The van der Waals surface area contributed by atoms with Crippen LogP contribution in [0.25, 0.3) is 0 Å². The van der Waals surface area contributed by atoms with Gasteiger partial charge in [0.15, 0.2) is 0 Å². The second-order valence-electron chi connectivity index (χ2n) is 7.67. The molecule has 0 spiro atoms. The van der Waals surface area contributed by atoms with Crippen LogP contribution >= 0.6 is 15.9 Å². The van der Waals surface area contributed by atoms with Crippen molar-refractivity contribution in [3.8, 4) is 0 Å². The second kappa shape index (κ2) is 6.58. The lowest BCUT2D eigenvalue weighted by Gasteiger charge is -2.50. The van der Waals surface area contributed by atoms with Crippen LogP contribution in [0.5, 0.6) is 0 Å². The molecule has 0 aliphatic heterocycles. The molecule has 120 valence electrons. The zero-order valence-electron chi connectivity index (χ0n) is 14.0. The molecule has 1 nitrogen and oxygen atoms in total. The zero-order valence-corrected chi connectivity index (χ0v) is 15.6. The summed E-state index contributed by atoms with van der Waals surface area (Å²) in [5.41, 5.74) is 1.21. The summed E-state index contributed by atoms with van der Waals surface area (Å²) in [7, 11) is 0. The average molecular weight is 355 g/mol. The van der Waals surface area contributed by atoms with E-state index in [1.54, 1.807) is 0 Å². The summed E-state index contributed by atoms with van der Waals surface area (Å²) < 4.78 is 0. The maximum atomic E-state index is 11.0. The lowest BCUT2D eigenvalue weighted by molar-refractivity contribution is -0.0866. The van der Waals surface area contributed by atoms with Crippen molar-refractivity contribution < 1.29 is 5.11 Å². The van der Waals surface area contributed by atoms with Gasteiger partial charge in [-0.3, -0.25) is 0 Å². The Labute approximate surface area is 139 Å². The van der Waals surface area contributed by atoms with E-state index in [0.29, 0.717) is 16.7 Å². The van der Waals surface area contributed by atoms with Gasteiger partial charge in [-0.2, -0.15) is 0 Å². The Bertz CT molecular complexity index is 423. The molecule has 0 saturated heterocycles. The fourth-order valence-electron chi connectivity index (χ4n) is 4.82. The highest BCUT2D eigenvalue weighted by Crippen LogP contribution is 2.60. The second-order valence-corrected chi connectivity index (χ2v) is 8.78. The third kappa shape index (κ3) is 3.47. The SMILES string of the molecule is C/C=C/CC/C(C)=C/[C@@H]1CC[C@]2(C)[C@@H](Br)CC[C@@](C)(O)[C@@H]12. The van der Waals surface area contributed by atoms with Crippen molar-refractivity contribution in [3.05, 3.63) is 23.8 Å². The maximum absolute atomic E-state index is 11.0. The number of rotatable bonds is 4. The first-order valence-electron chi connectivity index (χ1n) is 8.46. The van der Waals surface area contributed by atoms with Gasteiger partial charge >= 0.3 is 0 Å². The summed E-state index contributed by atoms with van der Waals surface area (Å²) in [5, 5.41) is 11.0. The Morgan fingerprint density at radius 2 is 2.00 bits per heavy atom. The third-order valence-electron chi connectivity index (χ3n) is 5.88. The summed E-state index contributed by atoms with van der Waals surface area (Å²) in [4.78, 5) is 0.553. The summed E-state index contributed by atoms with van der Waals surface area (Å²) in [6.07, 6.45) is 13.6. The lowest BCUT2D eigenvalue weighted by atomic mass is 9.60. The molecule has 0 radical (unpaired) electrons. The first-order chi connectivity index (χ1) is 9.81. The molecule has 5 atom stereocenters. The molecule has 0 aromatic heterocycles. The molecule has 2 rings (SSSR count). The van der Waals surface area contributed by atoms with Crippen molar-refractivity contribution in [3.63, 3.8) is 0 Å². The van der Waals surface area contributed by atoms with E-state index in [2.05, 4.69) is 61.9 Å². The zero-order chi connectivity index (χ0) is 15.7. The normalized spacial score (nSPS) is 44.3. The minimum absolute atomic E-state index is 0.243. The van der Waals surface area contributed by atoms with Crippen LogP contribution in [0, 0.1) is 17.3 Å². The van der Waals surface area contributed by atoms with Gasteiger partial charge in [-0.15, -0.1) is 0 Å². The molecule has 0 unspecified atom stereocenters. The summed E-state index contributed by atoms with van der Waals surface area (Å²) in [5.74, 6) is 0.927. The van der Waals surface area contributed by atoms with Crippen LogP contribution in [-0.4, -0.2) is 15.5 Å². The molecule has 0 amide bonds. The van der Waals surface area contributed by atoms with Gasteiger partial charge in [0.2, 0.25) is 0 Å². The molecule has 0 aromatic carbocycles. The van der Waals surface area contributed by atoms with Crippen LogP contribution in [-0.2, 0) is 0 Å². The minimum Gasteiger partial charge on any atom is -0.390 e. The van der Waals surface area contributed by atoms with Gasteiger partial charge in [-0.25, -0.2) is 0 Å². The van der Waals surface area contributed by atoms with Crippen molar-refractivity contribution in [2.45, 2.75) is 76.6 Å². The van der Waals surface area contributed by atoms with Gasteiger partial charge < -0.3 is 5.11 Å². The van der Waals surface area contributed by atoms with Gasteiger partial charge in [-0.05, 0) is 70.6 Å². The monoisotopic (exact) mass is 354 g/mol. The average Bonchev–Trinajstić information content (AvgIpc) is 2.75. The Morgan fingerprint density at radius 1 is 1.29 bits per heavy atom. The first-order valence-corrected chi connectivity index (χ1v) is 9.37. The fourth-order valence-corrected chi connectivity index (χ4v) is 5.56. The number of halogens is 1. The van der Waals surface area contributed by atoms with E-state index < -0.39 is 5.60 Å². The van der Waals surface area contributed by atoms with Crippen LogP contribution in [0.2, 0.25) is 0 Å². The molecule has 0 heterocycles. The van der Waals surface area contributed by atoms with Crippen LogP contribution in [0.4, 0.5) is 0 Å². The molecule has 2 heteroatoms. The predicted molar refractivity (Wildman–Crippen MR) is 94.7 cm³/mol. The van der Waals surface area contributed by atoms with E-state index in [0.717, 1.165) is 25.7 Å². The van der Waals surface area contributed by atoms with Crippen LogP contribution in [0.15, 0.2) is 23.8 Å². The number of hydrogen-bond acceptors (Lipinski definition) is 1. The standard InChI is InChI=1S/C19H31BrO/c1-5-6-7-8-14(2)13-15-9-11-18(3)16(20)10-12-19(4,21)17(15)18/h5-6,13,15-17,21H,7-12H2,1-4H3/b6-5+,14-13+/t15-,16-,17-,18+,19+/m0/s1. The quantitative estimate of drug-likeness (QED) is 0.512.